The van der Waals surface area contributed by atoms with Crippen LogP contribution in [0.4, 0.5) is 0 Å². The van der Waals surface area contributed by atoms with Gasteiger partial charge in [0.05, 0.1) is 5.69 Å². The van der Waals surface area contributed by atoms with Crippen molar-refractivity contribution < 1.29 is 4.42 Å². The molecular weight excluding hydrogens is 214 g/mol. The number of aryl methyl sites for hydroxylation is 1. The van der Waals surface area contributed by atoms with Crippen molar-refractivity contribution in [2.75, 3.05) is 13.6 Å². The highest BCUT2D eigenvalue weighted by Crippen LogP contribution is 2.04. The Bertz CT molecular complexity index is 453. The van der Waals surface area contributed by atoms with Crippen LogP contribution in [0.5, 0.6) is 0 Å². The summed E-state index contributed by atoms with van der Waals surface area (Å²) in [6, 6.07) is 6.00. The van der Waals surface area contributed by atoms with E-state index in [4.69, 9.17) is 4.42 Å². The predicted molar refractivity (Wildman–Crippen MR) is 65.5 cm³/mol. The minimum absolute atomic E-state index is 0.720. The van der Waals surface area contributed by atoms with Crippen molar-refractivity contribution in [3.05, 3.63) is 47.9 Å². The van der Waals surface area contributed by atoms with Crippen LogP contribution in [-0.2, 0) is 13.0 Å². The third-order valence-electron chi connectivity index (χ3n) is 2.57. The highest BCUT2D eigenvalue weighted by atomic mass is 16.3. The van der Waals surface area contributed by atoms with E-state index in [1.807, 2.05) is 31.3 Å². The molecule has 0 amide bonds. The van der Waals surface area contributed by atoms with Gasteiger partial charge in [0.15, 0.2) is 5.89 Å². The van der Waals surface area contributed by atoms with Gasteiger partial charge in [-0.25, -0.2) is 4.98 Å². The van der Waals surface area contributed by atoms with E-state index in [-0.39, 0.29) is 0 Å². The normalized spacial score (nSPS) is 11.0. The Labute approximate surface area is 101 Å². The summed E-state index contributed by atoms with van der Waals surface area (Å²) in [5, 5.41) is 0. The molecule has 0 N–H and O–H groups in total. The van der Waals surface area contributed by atoms with Crippen molar-refractivity contribution in [1.29, 1.82) is 0 Å². The molecular formula is C13H17N3O. The first-order valence-electron chi connectivity index (χ1n) is 5.73. The second-order valence-corrected chi connectivity index (χ2v) is 4.17. The quantitative estimate of drug-likeness (QED) is 0.790. The third kappa shape index (κ3) is 3.67. The molecule has 0 aliphatic heterocycles. The van der Waals surface area contributed by atoms with Crippen molar-refractivity contribution in [2.24, 2.45) is 0 Å². The van der Waals surface area contributed by atoms with Crippen LogP contribution in [0.15, 0.2) is 35.1 Å². The van der Waals surface area contributed by atoms with Crippen molar-refractivity contribution in [3.63, 3.8) is 0 Å². The fourth-order valence-electron chi connectivity index (χ4n) is 1.69. The standard InChI is InChI=1S/C13H17N3O/c1-11-15-13(10-17-11)9-16(2)8-6-12-5-3-4-7-14-12/h3-5,7,10H,6,8-9H2,1-2H3. The lowest BCUT2D eigenvalue weighted by atomic mass is 10.2. The van der Waals surface area contributed by atoms with Gasteiger partial charge in [0, 0.05) is 38.3 Å². The Morgan fingerprint density at radius 1 is 1.29 bits per heavy atom. The molecule has 90 valence electrons. The highest BCUT2D eigenvalue weighted by molar-refractivity contribution is 5.04. The predicted octanol–water partition coefficient (Wildman–Crippen LogP) is 2.05. The van der Waals surface area contributed by atoms with Gasteiger partial charge in [-0.05, 0) is 19.2 Å². The van der Waals surface area contributed by atoms with Crippen LogP contribution in [0.3, 0.4) is 0 Å². The second kappa shape index (κ2) is 5.59. The fourth-order valence-corrected chi connectivity index (χ4v) is 1.69. The van der Waals surface area contributed by atoms with E-state index in [0.717, 1.165) is 36.8 Å². The third-order valence-corrected chi connectivity index (χ3v) is 2.57. The van der Waals surface area contributed by atoms with Crippen molar-refractivity contribution >= 4 is 0 Å². The van der Waals surface area contributed by atoms with Crippen LogP contribution in [0.2, 0.25) is 0 Å². The first kappa shape index (κ1) is 11.8. The molecule has 0 unspecified atom stereocenters. The number of pyridine rings is 1. The number of hydrogen-bond donors (Lipinski definition) is 0. The molecule has 0 saturated heterocycles. The van der Waals surface area contributed by atoms with Gasteiger partial charge in [-0.3, -0.25) is 4.98 Å². The number of oxazole rings is 1. The molecule has 17 heavy (non-hydrogen) atoms. The number of aromatic nitrogens is 2. The molecule has 0 atom stereocenters. The highest BCUT2D eigenvalue weighted by Gasteiger charge is 2.04. The zero-order valence-electron chi connectivity index (χ0n) is 10.3. The lowest BCUT2D eigenvalue weighted by molar-refractivity contribution is 0.325. The average molecular weight is 231 g/mol. The van der Waals surface area contributed by atoms with Crippen LogP contribution >= 0.6 is 0 Å². The van der Waals surface area contributed by atoms with Crippen molar-refractivity contribution in [3.8, 4) is 0 Å². The smallest absolute Gasteiger partial charge is 0.191 e. The van der Waals surface area contributed by atoms with Gasteiger partial charge in [0.25, 0.3) is 0 Å². The lowest BCUT2D eigenvalue weighted by Gasteiger charge is -2.14. The second-order valence-electron chi connectivity index (χ2n) is 4.17. The molecule has 0 spiro atoms. The largest absolute Gasteiger partial charge is 0.449 e. The van der Waals surface area contributed by atoms with E-state index < -0.39 is 0 Å². The summed E-state index contributed by atoms with van der Waals surface area (Å²) in [6.45, 7) is 3.63. The summed E-state index contributed by atoms with van der Waals surface area (Å²) in [6.07, 6.45) is 4.50. The fraction of sp³-hybridized carbons (Fsp3) is 0.385. The number of nitrogens with zero attached hydrogens (tertiary/aromatic N) is 3. The topological polar surface area (TPSA) is 42.2 Å². The SMILES string of the molecule is Cc1nc(CN(C)CCc2ccccn2)co1. The Morgan fingerprint density at radius 2 is 2.18 bits per heavy atom. The minimum Gasteiger partial charge on any atom is -0.449 e. The van der Waals surface area contributed by atoms with Gasteiger partial charge in [0.1, 0.15) is 6.26 Å². The van der Waals surface area contributed by atoms with E-state index in [9.17, 15) is 0 Å². The Morgan fingerprint density at radius 3 is 2.82 bits per heavy atom. The lowest BCUT2D eigenvalue weighted by Crippen LogP contribution is -2.21. The molecule has 2 aromatic heterocycles. The molecule has 0 aliphatic carbocycles. The summed E-state index contributed by atoms with van der Waals surface area (Å²) in [4.78, 5) is 10.8. The molecule has 0 fully saturated rings. The zero-order valence-corrected chi connectivity index (χ0v) is 10.3. The first-order chi connectivity index (χ1) is 8.24. The summed E-state index contributed by atoms with van der Waals surface area (Å²) in [5.74, 6) is 0.720. The Balaban J connectivity index is 1.80. The van der Waals surface area contributed by atoms with Gasteiger partial charge >= 0.3 is 0 Å². The molecule has 2 heterocycles. The number of hydrogen-bond acceptors (Lipinski definition) is 4. The van der Waals surface area contributed by atoms with Crippen LogP contribution in [0.1, 0.15) is 17.3 Å². The Hall–Kier alpha value is -1.68. The molecule has 0 aliphatic rings. The van der Waals surface area contributed by atoms with E-state index in [2.05, 4.69) is 21.9 Å². The number of likely N-dealkylation sites (N-methyl/N-ethyl adjacent to an activating group) is 1. The summed E-state index contributed by atoms with van der Waals surface area (Å²) in [5.41, 5.74) is 2.10. The van der Waals surface area contributed by atoms with E-state index in [1.165, 1.54) is 0 Å². The van der Waals surface area contributed by atoms with E-state index in [0.29, 0.717) is 0 Å². The van der Waals surface area contributed by atoms with Crippen molar-refractivity contribution in [1.82, 2.24) is 14.9 Å². The molecule has 0 saturated carbocycles. The number of rotatable bonds is 5. The molecule has 0 bridgehead atoms. The minimum atomic E-state index is 0.720. The molecule has 4 heteroatoms. The average Bonchev–Trinajstić information content (AvgIpc) is 2.73. The molecule has 2 aromatic rings. The maximum atomic E-state index is 5.18. The van der Waals surface area contributed by atoms with Gasteiger partial charge in [-0.2, -0.15) is 0 Å². The summed E-state index contributed by atoms with van der Waals surface area (Å²) >= 11 is 0. The van der Waals surface area contributed by atoms with Crippen LogP contribution in [0.25, 0.3) is 0 Å². The maximum Gasteiger partial charge on any atom is 0.191 e. The monoisotopic (exact) mass is 231 g/mol. The maximum absolute atomic E-state index is 5.18. The zero-order chi connectivity index (χ0) is 12.1. The van der Waals surface area contributed by atoms with Crippen LogP contribution < -0.4 is 0 Å². The van der Waals surface area contributed by atoms with Gasteiger partial charge < -0.3 is 9.32 Å². The van der Waals surface area contributed by atoms with Crippen molar-refractivity contribution in [2.45, 2.75) is 19.9 Å². The summed E-state index contributed by atoms with van der Waals surface area (Å²) < 4.78 is 5.18. The van der Waals surface area contributed by atoms with Crippen LogP contribution in [0, 0.1) is 6.92 Å². The molecule has 4 nitrogen and oxygen atoms in total. The Kier molecular flexibility index (Phi) is 3.88. The van der Waals surface area contributed by atoms with Crippen LogP contribution in [-0.4, -0.2) is 28.5 Å². The molecule has 0 aromatic carbocycles. The van der Waals surface area contributed by atoms with Gasteiger partial charge in [0.2, 0.25) is 0 Å². The molecule has 0 radical (unpaired) electrons. The first-order valence-corrected chi connectivity index (χ1v) is 5.73. The molecule has 2 rings (SSSR count). The van der Waals surface area contributed by atoms with E-state index >= 15 is 0 Å². The van der Waals surface area contributed by atoms with Gasteiger partial charge in [-0.15, -0.1) is 0 Å². The van der Waals surface area contributed by atoms with E-state index in [1.54, 1.807) is 6.26 Å². The van der Waals surface area contributed by atoms with Gasteiger partial charge in [-0.1, -0.05) is 6.07 Å². The summed E-state index contributed by atoms with van der Waals surface area (Å²) in [7, 11) is 2.08.